The third-order valence-electron chi connectivity index (χ3n) is 2.76. The molecule has 1 aromatic carbocycles. The molecule has 0 bridgehead atoms. The summed E-state index contributed by atoms with van der Waals surface area (Å²) >= 11 is 0. The van der Waals surface area contributed by atoms with Crippen LogP contribution < -0.4 is 11.1 Å². The van der Waals surface area contributed by atoms with Crippen molar-refractivity contribution in [3.05, 3.63) is 54.0 Å². The van der Waals surface area contributed by atoms with Gasteiger partial charge in [0.1, 0.15) is 0 Å². The van der Waals surface area contributed by atoms with Crippen molar-refractivity contribution in [3.63, 3.8) is 0 Å². The van der Waals surface area contributed by atoms with E-state index in [1.165, 1.54) is 0 Å². The number of nitrogens with two attached hydrogens (primary N) is 1. The Labute approximate surface area is 106 Å². The van der Waals surface area contributed by atoms with Crippen LogP contribution in [0.25, 0.3) is 0 Å². The summed E-state index contributed by atoms with van der Waals surface area (Å²) in [5.74, 6) is -0.317. The number of benzene rings is 1. The molecule has 2 rings (SSSR count). The van der Waals surface area contributed by atoms with Gasteiger partial charge in [-0.2, -0.15) is 0 Å². The van der Waals surface area contributed by atoms with Gasteiger partial charge in [-0.15, -0.1) is 0 Å². The largest absolute Gasteiger partial charge is 0.472 e. The van der Waals surface area contributed by atoms with Crippen molar-refractivity contribution in [3.8, 4) is 0 Å². The summed E-state index contributed by atoms with van der Waals surface area (Å²) in [6, 6.07) is 9.78. The first-order valence-electron chi connectivity index (χ1n) is 5.81. The summed E-state index contributed by atoms with van der Waals surface area (Å²) in [5, 5.41) is 3.35. The smallest absolute Gasteiger partial charge is 0.221 e. The van der Waals surface area contributed by atoms with Crippen LogP contribution in [0.5, 0.6) is 0 Å². The lowest BCUT2D eigenvalue weighted by Gasteiger charge is -2.13. The highest BCUT2D eigenvalue weighted by molar-refractivity contribution is 5.76. The van der Waals surface area contributed by atoms with E-state index in [0.29, 0.717) is 0 Å². The molecule has 0 aliphatic heterocycles. The molecule has 0 spiro atoms. The zero-order chi connectivity index (χ0) is 13.0. The Morgan fingerprint density at radius 3 is 2.61 bits per heavy atom. The molecule has 0 aliphatic rings. The van der Waals surface area contributed by atoms with Crippen LogP contribution in [0.15, 0.2) is 47.3 Å². The molecule has 0 saturated carbocycles. The van der Waals surface area contributed by atoms with E-state index in [-0.39, 0.29) is 18.4 Å². The minimum Gasteiger partial charge on any atom is -0.472 e. The molecule has 1 aromatic heterocycles. The van der Waals surface area contributed by atoms with Gasteiger partial charge in [-0.25, -0.2) is 0 Å². The molecule has 3 N–H and O–H groups in total. The Morgan fingerprint density at radius 2 is 2.06 bits per heavy atom. The summed E-state index contributed by atoms with van der Waals surface area (Å²) in [4.78, 5) is 10.8. The van der Waals surface area contributed by atoms with Crippen molar-refractivity contribution in [2.75, 3.05) is 5.32 Å². The van der Waals surface area contributed by atoms with E-state index in [0.717, 1.165) is 16.8 Å². The van der Waals surface area contributed by atoms with Gasteiger partial charge >= 0.3 is 0 Å². The molecule has 1 amide bonds. The van der Waals surface area contributed by atoms with Crippen molar-refractivity contribution in [1.29, 1.82) is 0 Å². The lowest BCUT2D eigenvalue weighted by molar-refractivity contribution is -0.117. The van der Waals surface area contributed by atoms with E-state index >= 15 is 0 Å². The summed E-state index contributed by atoms with van der Waals surface area (Å²) < 4.78 is 5.04. The maximum Gasteiger partial charge on any atom is 0.221 e. The second kappa shape index (κ2) is 5.40. The molecule has 1 unspecified atom stereocenters. The first-order chi connectivity index (χ1) is 8.65. The number of hydrogen-bond donors (Lipinski definition) is 2. The molecular formula is C14H16N2O2. The molecule has 1 heterocycles. The van der Waals surface area contributed by atoms with E-state index in [9.17, 15) is 4.79 Å². The van der Waals surface area contributed by atoms with E-state index in [2.05, 4.69) is 12.2 Å². The van der Waals surface area contributed by atoms with Crippen LogP contribution >= 0.6 is 0 Å². The van der Waals surface area contributed by atoms with E-state index < -0.39 is 0 Å². The van der Waals surface area contributed by atoms with Gasteiger partial charge in [0.25, 0.3) is 0 Å². The summed E-state index contributed by atoms with van der Waals surface area (Å²) in [6.07, 6.45) is 3.65. The highest BCUT2D eigenvalue weighted by atomic mass is 16.3. The number of rotatable bonds is 5. The minimum absolute atomic E-state index is 0.172. The molecule has 4 nitrogen and oxygen atoms in total. The summed E-state index contributed by atoms with van der Waals surface area (Å²) in [7, 11) is 0. The topological polar surface area (TPSA) is 68.3 Å². The van der Waals surface area contributed by atoms with E-state index in [4.69, 9.17) is 10.2 Å². The molecule has 0 aliphatic carbocycles. The second-order valence-electron chi connectivity index (χ2n) is 4.26. The predicted octanol–water partition coefficient (Wildman–Crippen LogP) is 2.48. The quantitative estimate of drug-likeness (QED) is 0.849. The Balaban J connectivity index is 2.00. The Morgan fingerprint density at radius 1 is 1.33 bits per heavy atom. The van der Waals surface area contributed by atoms with Gasteiger partial charge in [-0.05, 0) is 30.7 Å². The number of amides is 1. The van der Waals surface area contributed by atoms with Gasteiger partial charge < -0.3 is 15.5 Å². The third-order valence-corrected chi connectivity index (χ3v) is 2.76. The van der Waals surface area contributed by atoms with Crippen LogP contribution in [-0.2, 0) is 11.2 Å². The minimum atomic E-state index is -0.317. The Hall–Kier alpha value is -2.23. The fourth-order valence-corrected chi connectivity index (χ4v) is 1.77. The van der Waals surface area contributed by atoms with Gasteiger partial charge in [0, 0.05) is 11.3 Å². The number of nitrogens with one attached hydrogen (secondary N) is 1. The maximum atomic E-state index is 10.8. The molecule has 1 atom stereocenters. The molecule has 0 saturated heterocycles. The zero-order valence-corrected chi connectivity index (χ0v) is 10.2. The standard InChI is InChI=1S/C14H16N2O2/c1-10(12-6-7-18-9-12)16-13-4-2-11(3-5-13)8-14(15)17/h2-7,9-10,16H,8H2,1H3,(H2,15,17). The van der Waals surface area contributed by atoms with Crippen LogP contribution in [0.1, 0.15) is 24.1 Å². The normalized spacial score (nSPS) is 12.1. The van der Waals surface area contributed by atoms with E-state index in [1.807, 2.05) is 30.3 Å². The van der Waals surface area contributed by atoms with Crippen molar-refractivity contribution < 1.29 is 9.21 Å². The Bertz CT molecular complexity index is 503. The molecular weight excluding hydrogens is 228 g/mol. The number of furan rings is 1. The monoisotopic (exact) mass is 244 g/mol. The van der Waals surface area contributed by atoms with Gasteiger partial charge in [0.15, 0.2) is 0 Å². The van der Waals surface area contributed by atoms with Crippen LogP contribution in [0, 0.1) is 0 Å². The van der Waals surface area contributed by atoms with Crippen molar-refractivity contribution in [2.24, 2.45) is 5.73 Å². The second-order valence-corrected chi connectivity index (χ2v) is 4.26. The summed E-state index contributed by atoms with van der Waals surface area (Å²) in [5.41, 5.74) is 8.15. The number of carbonyl (C=O) groups is 1. The predicted molar refractivity (Wildman–Crippen MR) is 70.1 cm³/mol. The SMILES string of the molecule is CC(Nc1ccc(CC(N)=O)cc1)c1ccoc1. The van der Waals surface area contributed by atoms with Crippen molar-refractivity contribution in [2.45, 2.75) is 19.4 Å². The maximum absolute atomic E-state index is 10.8. The van der Waals surface area contributed by atoms with Crippen molar-refractivity contribution in [1.82, 2.24) is 0 Å². The van der Waals surface area contributed by atoms with Crippen LogP contribution in [-0.4, -0.2) is 5.91 Å². The van der Waals surface area contributed by atoms with Crippen LogP contribution in [0.2, 0.25) is 0 Å². The number of primary amides is 1. The fraction of sp³-hybridized carbons (Fsp3) is 0.214. The molecule has 0 fully saturated rings. The van der Waals surface area contributed by atoms with Gasteiger partial charge in [0.05, 0.1) is 25.0 Å². The van der Waals surface area contributed by atoms with Gasteiger partial charge in [-0.3, -0.25) is 4.79 Å². The fourth-order valence-electron chi connectivity index (χ4n) is 1.77. The van der Waals surface area contributed by atoms with Crippen molar-refractivity contribution >= 4 is 11.6 Å². The average Bonchev–Trinajstić information content (AvgIpc) is 2.84. The number of carbonyl (C=O) groups excluding carboxylic acids is 1. The molecule has 2 aromatic rings. The van der Waals surface area contributed by atoms with Crippen LogP contribution in [0.3, 0.4) is 0 Å². The zero-order valence-electron chi connectivity index (χ0n) is 10.2. The number of anilines is 1. The highest BCUT2D eigenvalue weighted by Gasteiger charge is 2.06. The first-order valence-corrected chi connectivity index (χ1v) is 5.81. The van der Waals surface area contributed by atoms with Crippen LogP contribution in [0.4, 0.5) is 5.69 Å². The first kappa shape index (κ1) is 12.2. The molecule has 94 valence electrons. The highest BCUT2D eigenvalue weighted by Crippen LogP contribution is 2.19. The average molecular weight is 244 g/mol. The van der Waals surface area contributed by atoms with Gasteiger partial charge in [-0.1, -0.05) is 12.1 Å². The Kier molecular flexibility index (Phi) is 3.67. The lowest BCUT2D eigenvalue weighted by atomic mass is 10.1. The van der Waals surface area contributed by atoms with Gasteiger partial charge in [0.2, 0.25) is 5.91 Å². The molecule has 4 heteroatoms. The summed E-state index contributed by atoms with van der Waals surface area (Å²) in [6.45, 7) is 2.06. The molecule has 18 heavy (non-hydrogen) atoms. The molecule has 0 radical (unpaired) electrons. The third kappa shape index (κ3) is 3.13. The number of hydrogen-bond acceptors (Lipinski definition) is 3. The lowest BCUT2D eigenvalue weighted by Crippen LogP contribution is -2.13. The van der Waals surface area contributed by atoms with E-state index in [1.54, 1.807) is 12.5 Å².